The number of aryl methyl sites for hydroxylation is 1. The van der Waals surface area contributed by atoms with Crippen molar-refractivity contribution in [3.05, 3.63) is 29.1 Å². The van der Waals surface area contributed by atoms with Crippen LogP contribution >= 0.6 is 0 Å². The maximum atomic E-state index is 12.4. The summed E-state index contributed by atoms with van der Waals surface area (Å²) in [6.07, 6.45) is 1.71. The van der Waals surface area contributed by atoms with Gasteiger partial charge in [-0.05, 0) is 25.0 Å². The van der Waals surface area contributed by atoms with Crippen molar-refractivity contribution >= 4 is 23.6 Å². The third kappa shape index (κ3) is 2.38. The molecule has 4 amide bonds. The zero-order valence-corrected chi connectivity index (χ0v) is 12.7. The van der Waals surface area contributed by atoms with E-state index < -0.39 is 29.7 Å². The number of piperidine rings is 1. The van der Waals surface area contributed by atoms with Crippen LogP contribution in [0.2, 0.25) is 0 Å². The number of pyridine rings is 1. The highest BCUT2D eigenvalue weighted by Crippen LogP contribution is 2.27. The second kappa shape index (κ2) is 6.05. The molecule has 2 aliphatic heterocycles. The highest BCUT2D eigenvalue weighted by molar-refractivity contribution is 6.23. The molecule has 0 aliphatic carbocycles. The largest absolute Gasteiger partial charge is 0.295 e. The number of hydrogen-bond acceptors (Lipinski definition) is 5. The predicted molar refractivity (Wildman–Crippen MR) is 77.0 cm³/mol. The molecule has 1 aromatic rings. The van der Waals surface area contributed by atoms with E-state index in [1.54, 1.807) is 13.0 Å². The lowest BCUT2D eigenvalue weighted by atomic mass is 10.0. The smallest absolute Gasteiger partial charge is 0.280 e. The monoisotopic (exact) mass is 303 g/mol. The van der Waals surface area contributed by atoms with Crippen molar-refractivity contribution in [1.29, 1.82) is 0 Å². The minimum absolute atomic E-state index is 0.0692. The van der Waals surface area contributed by atoms with Crippen LogP contribution in [0.3, 0.4) is 0 Å². The second-order valence-corrected chi connectivity index (χ2v) is 4.80. The summed E-state index contributed by atoms with van der Waals surface area (Å²) in [5.74, 6) is -2.11. The summed E-state index contributed by atoms with van der Waals surface area (Å²) < 4.78 is 0. The van der Waals surface area contributed by atoms with Crippen molar-refractivity contribution in [2.75, 3.05) is 0 Å². The molecule has 0 bridgehead atoms. The fraction of sp³-hybridized carbons (Fsp3) is 0.400. The molecule has 7 nitrogen and oxygen atoms in total. The van der Waals surface area contributed by atoms with Gasteiger partial charge in [-0.2, -0.15) is 0 Å². The van der Waals surface area contributed by atoms with Gasteiger partial charge in [-0.3, -0.25) is 34.4 Å². The summed E-state index contributed by atoms with van der Waals surface area (Å²) in [7, 11) is 0. The molecular formula is C15H17N3O4. The molecule has 1 saturated heterocycles. The number of aromatic nitrogens is 1. The Morgan fingerprint density at radius 1 is 1.18 bits per heavy atom. The maximum Gasteiger partial charge on any atom is 0.280 e. The van der Waals surface area contributed by atoms with Crippen LogP contribution in [-0.4, -0.2) is 39.6 Å². The van der Waals surface area contributed by atoms with Crippen LogP contribution in [0, 0.1) is 6.92 Å². The van der Waals surface area contributed by atoms with E-state index in [0.717, 1.165) is 4.90 Å². The summed E-state index contributed by atoms with van der Waals surface area (Å²) in [6.45, 7) is 5.71. The molecule has 1 unspecified atom stereocenters. The van der Waals surface area contributed by atoms with E-state index in [2.05, 4.69) is 10.3 Å². The van der Waals surface area contributed by atoms with Gasteiger partial charge in [0, 0.05) is 12.6 Å². The molecular weight excluding hydrogens is 286 g/mol. The van der Waals surface area contributed by atoms with Gasteiger partial charge in [0.25, 0.3) is 11.8 Å². The van der Waals surface area contributed by atoms with E-state index in [-0.39, 0.29) is 24.1 Å². The lowest BCUT2D eigenvalue weighted by Gasteiger charge is -2.27. The van der Waals surface area contributed by atoms with E-state index in [4.69, 9.17) is 0 Å². The van der Waals surface area contributed by atoms with Crippen molar-refractivity contribution in [3.8, 4) is 0 Å². The molecule has 0 aromatic carbocycles. The number of nitrogens with one attached hydrogen (secondary N) is 1. The molecule has 3 heterocycles. The average Bonchev–Trinajstić information content (AvgIpc) is 2.75. The molecule has 116 valence electrons. The number of rotatable bonds is 1. The van der Waals surface area contributed by atoms with Crippen LogP contribution in [0.1, 0.15) is 53.1 Å². The zero-order chi connectivity index (χ0) is 16.4. The van der Waals surface area contributed by atoms with Crippen LogP contribution in [0.15, 0.2) is 12.3 Å². The van der Waals surface area contributed by atoms with Gasteiger partial charge < -0.3 is 0 Å². The van der Waals surface area contributed by atoms with Gasteiger partial charge >= 0.3 is 0 Å². The first-order valence-corrected chi connectivity index (χ1v) is 7.18. The van der Waals surface area contributed by atoms with Gasteiger partial charge in [-0.1, -0.05) is 13.8 Å². The number of carbonyl (C=O) groups excluding carboxylic acids is 4. The van der Waals surface area contributed by atoms with Gasteiger partial charge in [0.1, 0.15) is 11.7 Å². The number of nitrogens with zero attached hydrogens (tertiary/aromatic N) is 2. The Labute approximate surface area is 127 Å². The van der Waals surface area contributed by atoms with E-state index in [1.807, 2.05) is 13.8 Å². The number of hydrogen-bond donors (Lipinski definition) is 1. The minimum atomic E-state index is -0.943. The zero-order valence-electron chi connectivity index (χ0n) is 12.7. The normalized spacial score (nSPS) is 20.3. The Hall–Kier alpha value is -2.57. The topological polar surface area (TPSA) is 96.4 Å². The standard InChI is InChI=1S/C13H11N3O4.C2H6/c1-6-4-5-14-10-9(6)12(19)16(13(10)20)7-2-3-8(17)15-11(7)18;1-2/h4-5,7H,2-3H2,1H3,(H,15,17,18);1-2H3. The van der Waals surface area contributed by atoms with E-state index in [0.29, 0.717) is 5.56 Å². The third-order valence-corrected chi connectivity index (χ3v) is 3.54. The molecule has 7 heteroatoms. The Bertz CT molecular complexity index is 669. The highest BCUT2D eigenvalue weighted by Gasteiger charge is 2.45. The fourth-order valence-corrected chi connectivity index (χ4v) is 2.53. The van der Waals surface area contributed by atoms with Gasteiger partial charge in [-0.15, -0.1) is 0 Å². The molecule has 0 radical (unpaired) electrons. The third-order valence-electron chi connectivity index (χ3n) is 3.54. The van der Waals surface area contributed by atoms with Gasteiger partial charge in [0.15, 0.2) is 0 Å². The number of amides is 4. The van der Waals surface area contributed by atoms with Gasteiger partial charge in [0.2, 0.25) is 11.8 Å². The Morgan fingerprint density at radius 3 is 2.45 bits per heavy atom. The van der Waals surface area contributed by atoms with Crippen LogP contribution in [0.5, 0.6) is 0 Å². The molecule has 1 N–H and O–H groups in total. The number of carbonyl (C=O) groups is 4. The SMILES string of the molecule is CC.Cc1ccnc2c1C(=O)N(C1CCC(=O)NC1=O)C2=O. The molecule has 0 saturated carbocycles. The molecule has 2 aliphatic rings. The van der Waals surface area contributed by atoms with Crippen molar-refractivity contribution < 1.29 is 19.2 Å². The predicted octanol–water partition coefficient (Wildman–Crippen LogP) is 0.817. The van der Waals surface area contributed by atoms with Crippen LogP contribution < -0.4 is 5.32 Å². The van der Waals surface area contributed by atoms with Crippen molar-refractivity contribution in [2.45, 2.75) is 39.7 Å². The van der Waals surface area contributed by atoms with Crippen LogP contribution in [0.25, 0.3) is 0 Å². The summed E-state index contributed by atoms with van der Waals surface area (Å²) in [4.78, 5) is 52.4. The van der Waals surface area contributed by atoms with Crippen molar-refractivity contribution in [1.82, 2.24) is 15.2 Å². The van der Waals surface area contributed by atoms with Crippen LogP contribution in [0.4, 0.5) is 0 Å². The van der Waals surface area contributed by atoms with Crippen LogP contribution in [-0.2, 0) is 9.59 Å². The quantitative estimate of drug-likeness (QED) is 0.775. The molecule has 1 atom stereocenters. The average molecular weight is 303 g/mol. The Balaban J connectivity index is 0.000000847. The summed E-state index contributed by atoms with van der Waals surface area (Å²) in [5.41, 5.74) is 0.949. The van der Waals surface area contributed by atoms with Crippen molar-refractivity contribution in [2.24, 2.45) is 0 Å². The number of fused-ring (bicyclic) bond motifs is 1. The lowest BCUT2D eigenvalue weighted by Crippen LogP contribution is -2.54. The lowest BCUT2D eigenvalue weighted by molar-refractivity contribution is -0.136. The van der Waals surface area contributed by atoms with Gasteiger partial charge in [-0.25, -0.2) is 0 Å². The first-order valence-electron chi connectivity index (χ1n) is 7.18. The first-order chi connectivity index (χ1) is 10.5. The summed E-state index contributed by atoms with van der Waals surface area (Å²) >= 11 is 0. The van der Waals surface area contributed by atoms with E-state index in [1.165, 1.54) is 6.20 Å². The molecule has 0 spiro atoms. The molecule has 22 heavy (non-hydrogen) atoms. The first kappa shape index (κ1) is 15.8. The fourth-order valence-electron chi connectivity index (χ4n) is 2.53. The summed E-state index contributed by atoms with van der Waals surface area (Å²) in [5, 5.41) is 2.14. The summed E-state index contributed by atoms with van der Waals surface area (Å²) in [6, 6.07) is 0.694. The minimum Gasteiger partial charge on any atom is -0.295 e. The van der Waals surface area contributed by atoms with Gasteiger partial charge in [0.05, 0.1) is 5.56 Å². The van der Waals surface area contributed by atoms with E-state index >= 15 is 0 Å². The molecule has 3 rings (SSSR count). The molecule has 1 fully saturated rings. The molecule has 1 aromatic heterocycles. The van der Waals surface area contributed by atoms with E-state index in [9.17, 15) is 19.2 Å². The highest BCUT2D eigenvalue weighted by atomic mass is 16.2. The van der Waals surface area contributed by atoms with Crippen molar-refractivity contribution in [3.63, 3.8) is 0 Å². The Morgan fingerprint density at radius 2 is 1.86 bits per heavy atom. The second-order valence-electron chi connectivity index (χ2n) is 4.80. The maximum absolute atomic E-state index is 12.4. The number of imide groups is 2. The Kier molecular flexibility index (Phi) is 4.35.